The molecular weight excluding hydrogens is 328 g/mol. The van der Waals surface area contributed by atoms with Gasteiger partial charge in [0.15, 0.2) is 0 Å². The first-order valence-corrected chi connectivity index (χ1v) is 9.65. The van der Waals surface area contributed by atoms with Gasteiger partial charge in [-0.3, -0.25) is 0 Å². The van der Waals surface area contributed by atoms with Crippen LogP contribution in [0, 0.1) is 6.92 Å². The molecule has 0 amide bonds. The minimum absolute atomic E-state index is 0.342. The van der Waals surface area contributed by atoms with E-state index >= 15 is 0 Å². The number of aryl methyl sites for hydroxylation is 1. The zero-order valence-corrected chi connectivity index (χ0v) is 15.7. The molecule has 1 aliphatic carbocycles. The van der Waals surface area contributed by atoms with Crippen molar-refractivity contribution >= 4 is 5.97 Å². The smallest absolute Gasteiger partial charge is 0.338 e. The van der Waals surface area contributed by atoms with Gasteiger partial charge in [-0.2, -0.15) is 0 Å². The van der Waals surface area contributed by atoms with E-state index in [1.165, 1.54) is 38.5 Å². The van der Waals surface area contributed by atoms with E-state index in [0.717, 1.165) is 11.5 Å². The molecule has 1 fully saturated rings. The van der Waals surface area contributed by atoms with Crippen molar-refractivity contribution in [1.82, 2.24) is 10.3 Å². The summed E-state index contributed by atoms with van der Waals surface area (Å²) in [5, 5.41) is 3.63. The second-order valence-corrected chi connectivity index (χ2v) is 6.86. The van der Waals surface area contributed by atoms with Crippen molar-refractivity contribution < 1.29 is 13.9 Å². The normalized spacial score (nSPS) is 15.6. The van der Waals surface area contributed by atoms with Crippen molar-refractivity contribution in [2.75, 3.05) is 6.61 Å². The lowest BCUT2D eigenvalue weighted by Crippen LogP contribution is -2.28. The SMILES string of the molecule is CCOC(=O)c1ccccc1-c1nc(CNC2CCCCCC2)c(C)o1. The van der Waals surface area contributed by atoms with Gasteiger partial charge in [0.25, 0.3) is 0 Å². The average molecular weight is 356 g/mol. The Morgan fingerprint density at radius 1 is 1.23 bits per heavy atom. The largest absolute Gasteiger partial charge is 0.462 e. The van der Waals surface area contributed by atoms with E-state index in [1.54, 1.807) is 13.0 Å². The third-order valence-electron chi connectivity index (χ3n) is 4.96. The molecular formula is C21H28N2O3. The second-order valence-electron chi connectivity index (χ2n) is 6.86. The number of aromatic nitrogens is 1. The van der Waals surface area contributed by atoms with Crippen molar-refractivity contribution in [3.8, 4) is 11.5 Å². The fraction of sp³-hybridized carbons (Fsp3) is 0.524. The van der Waals surface area contributed by atoms with E-state index in [2.05, 4.69) is 10.3 Å². The van der Waals surface area contributed by atoms with Crippen LogP contribution in [-0.2, 0) is 11.3 Å². The van der Waals surface area contributed by atoms with Crippen LogP contribution in [-0.4, -0.2) is 23.6 Å². The topological polar surface area (TPSA) is 64.4 Å². The number of nitrogens with one attached hydrogen (secondary N) is 1. The lowest BCUT2D eigenvalue weighted by Gasteiger charge is -2.15. The van der Waals surface area contributed by atoms with Crippen LogP contribution in [0.2, 0.25) is 0 Å². The molecule has 1 aliphatic rings. The summed E-state index contributed by atoms with van der Waals surface area (Å²) in [4.78, 5) is 16.8. The number of carbonyl (C=O) groups is 1. The number of benzene rings is 1. The summed E-state index contributed by atoms with van der Waals surface area (Å²) in [6.07, 6.45) is 7.75. The van der Waals surface area contributed by atoms with Crippen LogP contribution in [0.15, 0.2) is 28.7 Å². The number of rotatable bonds is 6. The van der Waals surface area contributed by atoms with Crippen LogP contribution in [0.1, 0.15) is 67.3 Å². The highest BCUT2D eigenvalue weighted by Gasteiger charge is 2.19. The lowest BCUT2D eigenvalue weighted by atomic mass is 10.1. The minimum Gasteiger partial charge on any atom is -0.462 e. The highest BCUT2D eigenvalue weighted by atomic mass is 16.5. The number of oxazole rings is 1. The first-order valence-electron chi connectivity index (χ1n) is 9.65. The molecule has 0 spiro atoms. The number of ether oxygens (including phenoxy) is 1. The van der Waals surface area contributed by atoms with E-state index in [4.69, 9.17) is 9.15 Å². The van der Waals surface area contributed by atoms with Crippen LogP contribution >= 0.6 is 0 Å². The maximum Gasteiger partial charge on any atom is 0.338 e. The zero-order chi connectivity index (χ0) is 18.4. The Balaban J connectivity index is 1.75. The average Bonchev–Trinajstić information content (AvgIpc) is 2.84. The molecule has 5 heteroatoms. The van der Waals surface area contributed by atoms with Crippen LogP contribution in [0.25, 0.3) is 11.5 Å². The number of nitrogens with zero attached hydrogens (tertiary/aromatic N) is 1. The van der Waals surface area contributed by atoms with Crippen molar-refractivity contribution in [2.24, 2.45) is 0 Å². The van der Waals surface area contributed by atoms with Gasteiger partial charge in [0.2, 0.25) is 5.89 Å². The fourth-order valence-corrected chi connectivity index (χ4v) is 3.49. The van der Waals surface area contributed by atoms with Gasteiger partial charge in [0.05, 0.1) is 23.4 Å². The molecule has 26 heavy (non-hydrogen) atoms. The predicted octanol–water partition coefficient (Wildman–Crippen LogP) is 4.64. The molecule has 140 valence electrons. The zero-order valence-electron chi connectivity index (χ0n) is 15.7. The van der Waals surface area contributed by atoms with Gasteiger partial charge in [-0.25, -0.2) is 9.78 Å². The molecule has 5 nitrogen and oxygen atoms in total. The maximum atomic E-state index is 12.2. The van der Waals surface area contributed by atoms with E-state index in [0.29, 0.717) is 36.2 Å². The van der Waals surface area contributed by atoms with Gasteiger partial charge in [0.1, 0.15) is 5.76 Å². The number of carbonyl (C=O) groups excluding carboxylic acids is 1. The summed E-state index contributed by atoms with van der Waals surface area (Å²) in [6, 6.07) is 7.85. The number of esters is 1. The molecule has 1 saturated carbocycles. The van der Waals surface area contributed by atoms with E-state index in [9.17, 15) is 4.79 Å². The summed E-state index contributed by atoms with van der Waals surface area (Å²) < 4.78 is 11.0. The van der Waals surface area contributed by atoms with E-state index in [1.807, 2.05) is 25.1 Å². The molecule has 0 atom stereocenters. The summed E-state index contributed by atoms with van der Waals surface area (Å²) >= 11 is 0. The van der Waals surface area contributed by atoms with Crippen molar-refractivity contribution in [2.45, 2.75) is 65.0 Å². The molecule has 3 rings (SSSR count). The minimum atomic E-state index is -0.350. The summed E-state index contributed by atoms with van der Waals surface area (Å²) in [7, 11) is 0. The Bertz CT molecular complexity index is 731. The van der Waals surface area contributed by atoms with Gasteiger partial charge >= 0.3 is 5.97 Å². The van der Waals surface area contributed by atoms with Gasteiger partial charge in [-0.1, -0.05) is 37.8 Å². The summed E-state index contributed by atoms with van der Waals surface area (Å²) in [5.74, 6) is 0.917. The molecule has 0 unspecified atom stereocenters. The highest BCUT2D eigenvalue weighted by molar-refractivity contribution is 5.96. The number of hydrogen-bond acceptors (Lipinski definition) is 5. The van der Waals surface area contributed by atoms with Gasteiger partial charge < -0.3 is 14.5 Å². The Morgan fingerprint density at radius 2 is 1.96 bits per heavy atom. The lowest BCUT2D eigenvalue weighted by molar-refractivity contribution is 0.0527. The van der Waals surface area contributed by atoms with Gasteiger partial charge in [-0.15, -0.1) is 0 Å². The second kappa shape index (κ2) is 8.99. The molecule has 2 aromatic rings. The predicted molar refractivity (Wildman–Crippen MR) is 101 cm³/mol. The quantitative estimate of drug-likeness (QED) is 0.603. The highest BCUT2D eigenvalue weighted by Crippen LogP contribution is 2.26. The fourth-order valence-electron chi connectivity index (χ4n) is 3.49. The van der Waals surface area contributed by atoms with Crippen molar-refractivity contribution in [1.29, 1.82) is 0 Å². The molecule has 0 radical (unpaired) electrons. The Kier molecular flexibility index (Phi) is 6.45. The van der Waals surface area contributed by atoms with Gasteiger partial charge in [-0.05, 0) is 38.8 Å². The first-order chi connectivity index (χ1) is 12.7. The summed E-state index contributed by atoms with van der Waals surface area (Å²) in [5.41, 5.74) is 2.07. The first kappa shape index (κ1) is 18.6. The standard InChI is InChI=1S/C21H28N2O3/c1-3-25-21(24)18-13-9-8-12-17(18)20-23-19(15(2)26-20)14-22-16-10-6-4-5-7-11-16/h8-9,12-13,16,22H,3-7,10-11,14H2,1-2H3. The Hall–Kier alpha value is -2.14. The Labute approximate surface area is 155 Å². The molecule has 0 bridgehead atoms. The molecule has 1 aromatic heterocycles. The number of hydrogen-bond donors (Lipinski definition) is 1. The Morgan fingerprint density at radius 3 is 2.69 bits per heavy atom. The molecule has 0 aliphatic heterocycles. The third-order valence-corrected chi connectivity index (χ3v) is 4.96. The van der Waals surface area contributed by atoms with Crippen molar-refractivity contribution in [3.05, 3.63) is 41.3 Å². The van der Waals surface area contributed by atoms with Crippen molar-refractivity contribution in [3.63, 3.8) is 0 Å². The monoisotopic (exact) mass is 356 g/mol. The summed E-state index contributed by atoms with van der Waals surface area (Å²) in [6.45, 7) is 4.76. The van der Waals surface area contributed by atoms with E-state index < -0.39 is 0 Å². The maximum absolute atomic E-state index is 12.2. The van der Waals surface area contributed by atoms with Crippen LogP contribution in [0.5, 0.6) is 0 Å². The van der Waals surface area contributed by atoms with Gasteiger partial charge in [0, 0.05) is 12.6 Å². The molecule has 1 aromatic carbocycles. The molecule has 1 N–H and O–H groups in total. The van der Waals surface area contributed by atoms with E-state index in [-0.39, 0.29) is 5.97 Å². The van der Waals surface area contributed by atoms with Crippen LogP contribution in [0.4, 0.5) is 0 Å². The third kappa shape index (κ3) is 4.52. The van der Waals surface area contributed by atoms with Crippen LogP contribution in [0.3, 0.4) is 0 Å². The van der Waals surface area contributed by atoms with Crippen LogP contribution < -0.4 is 5.32 Å². The molecule has 1 heterocycles. The molecule has 0 saturated heterocycles.